The summed E-state index contributed by atoms with van der Waals surface area (Å²) in [6.45, 7) is 1.06. The largest absolute Gasteiger partial charge is 0.422 e. The lowest BCUT2D eigenvalue weighted by atomic mass is 10.1. The van der Waals surface area contributed by atoms with Crippen LogP contribution in [-0.4, -0.2) is 5.91 Å². The maximum absolute atomic E-state index is 12.9. The van der Waals surface area contributed by atoms with Gasteiger partial charge < -0.3 is 5.32 Å². The normalized spacial score (nSPS) is 11.4. The van der Waals surface area contributed by atoms with Gasteiger partial charge in [-0.15, -0.1) is 0 Å². The van der Waals surface area contributed by atoms with Crippen molar-refractivity contribution in [3.05, 3.63) is 29.3 Å². The molecule has 0 heterocycles. The Bertz CT molecular complexity index is 403. The lowest BCUT2D eigenvalue weighted by molar-refractivity contribution is -0.142. The van der Waals surface area contributed by atoms with Crippen molar-refractivity contribution in [1.82, 2.24) is 0 Å². The fraction of sp³-hybridized carbons (Fsp3) is 0.222. The van der Waals surface area contributed by atoms with Crippen LogP contribution in [0.25, 0.3) is 0 Å². The van der Waals surface area contributed by atoms with E-state index in [0.29, 0.717) is 12.1 Å². The lowest BCUT2D eigenvalue weighted by Gasteiger charge is -2.11. The molecule has 16 heavy (non-hydrogen) atoms. The molecule has 1 aromatic rings. The van der Waals surface area contributed by atoms with Crippen LogP contribution < -0.4 is 5.32 Å². The van der Waals surface area contributed by atoms with Gasteiger partial charge in [0.2, 0.25) is 5.91 Å². The molecule has 0 unspecified atom stereocenters. The Balaban J connectivity index is 3.23. The van der Waals surface area contributed by atoms with Crippen LogP contribution in [0.5, 0.6) is 0 Å². The van der Waals surface area contributed by atoms with Gasteiger partial charge in [-0.2, -0.15) is 13.2 Å². The summed E-state index contributed by atoms with van der Waals surface area (Å²) in [6, 6.07) is 0.820. The minimum absolute atomic E-state index is 0.365. The molecule has 0 spiro atoms. The van der Waals surface area contributed by atoms with E-state index in [1.165, 1.54) is 0 Å². The van der Waals surface area contributed by atoms with Crippen molar-refractivity contribution in [1.29, 1.82) is 0 Å². The number of benzene rings is 1. The summed E-state index contributed by atoms with van der Waals surface area (Å²) >= 11 is 0. The number of alkyl halides is 3. The highest BCUT2D eigenvalue weighted by molar-refractivity contribution is 5.88. The lowest BCUT2D eigenvalue weighted by Crippen LogP contribution is -2.13. The number of halogens is 5. The van der Waals surface area contributed by atoms with Gasteiger partial charge in [0.25, 0.3) is 0 Å². The molecule has 7 heteroatoms. The second kappa shape index (κ2) is 4.07. The van der Waals surface area contributed by atoms with E-state index < -0.39 is 29.3 Å². The molecule has 1 aromatic carbocycles. The van der Waals surface area contributed by atoms with Crippen molar-refractivity contribution in [3.63, 3.8) is 0 Å². The highest BCUT2D eigenvalue weighted by Crippen LogP contribution is 2.34. The molecule has 0 atom stereocenters. The zero-order valence-corrected chi connectivity index (χ0v) is 7.95. The average molecular weight is 239 g/mol. The van der Waals surface area contributed by atoms with Crippen molar-refractivity contribution in [2.45, 2.75) is 13.1 Å². The molecular formula is C9H6F5NO. The number of nitrogens with one attached hydrogen (secondary N) is 1. The van der Waals surface area contributed by atoms with Crippen LogP contribution in [0.4, 0.5) is 27.6 Å². The van der Waals surface area contributed by atoms with Crippen molar-refractivity contribution in [3.8, 4) is 0 Å². The molecule has 0 saturated carbocycles. The summed E-state index contributed by atoms with van der Waals surface area (Å²) in [5.41, 5.74) is -2.34. The minimum atomic E-state index is -5.11. The number of amides is 1. The topological polar surface area (TPSA) is 29.1 Å². The fourth-order valence-electron chi connectivity index (χ4n) is 1.12. The molecule has 0 aliphatic rings. The van der Waals surface area contributed by atoms with Gasteiger partial charge in [0.15, 0.2) is 0 Å². The first-order valence-electron chi connectivity index (χ1n) is 4.05. The van der Waals surface area contributed by atoms with Crippen molar-refractivity contribution >= 4 is 11.6 Å². The van der Waals surface area contributed by atoms with Crippen molar-refractivity contribution < 1.29 is 26.7 Å². The van der Waals surface area contributed by atoms with E-state index >= 15 is 0 Å². The number of carbonyl (C=O) groups excluding carboxylic acids is 1. The first-order valence-corrected chi connectivity index (χ1v) is 4.05. The zero-order chi connectivity index (χ0) is 12.5. The van der Waals surface area contributed by atoms with E-state index in [9.17, 15) is 26.7 Å². The van der Waals surface area contributed by atoms with E-state index in [0.717, 1.165) is 6.92 Å². The molecule has 0 saturated heterocycles. The Morgan fingerprint density at radius 3 is 1.94 bits per heavy atom. The van der Waals surface area contributed by atoms with Gasteiger partial charge in [0.1, 0.15) is 17.2 Å². The number of hydrogen-bond acceptors (Lipinski definition) is 1. The molecule has 0 aliphatic heterocycles. The summed E-state index contributed by atoms with van der Waals surface area (Å²) in [7, 11) is 0. The van der Waals surface area contributed by atoms with Crippen LogP contribution in [0.15, 0.2) is 12.1 Å². The van der Waals surface area contributed by atoms with Crippen LogP contribution >= 0.6 is 0 Å². The molecule has 88 valence electrons. The first-order chi connectivity index (χ1) is 7.21. The molecule has 1 N–H and O–H groups in total. The Morgan fingerprint density at radius 2 is 1.62 bits per heavy atom. The van der Waals surface area contributed by atoms with Crippen LogP contribution in [-0.2, 0) is 11.0 Å². The second-order valence-corrected chi connectivity index (χ2v) is 2.99. The fourth-order valence-corrected chi connectivity index (χ4v) is 1.12. The molecule has 0 aromatic heterocycles. The third-order valence-electron chi connectivity index (χ3n) is 1.65. The summed E-state index contributed by atoms with van der Waals surface area (Å²) in [5.74, 6) is -4.17. The number of carbonyl (C=O) groups is 1. The van der Waals surface area contributed by atoms with Crippen LogP contribution in [0.2, 0.25) is 0 Å². The quantitative estimate of drug-likeness (QED) is 0.750. The smallest absolute Gasteiger partial charge is 0.326 e. The summed E-state index contributed by atoms with van der Waals surface area (Å²) in [4.78, 5) is 10.5. The minimum Gasteiger partial charge on any atom is -0.326 e. The van der Waals surface area contributed by atoms with E-state index in [1.54, 1.807) is 0 Å². The molecule has 0 radical (unpaired) electrons. The molecule has 1 rings (SSSR count). The second-order valence-electron chi connectivity index (χ2n) is 2.99. The monoisotopic (exact) mass is 239 g/mol. The SMILES string of the molecule is CC(=O)Nc1cc(F)c(C(F)(F)F)c(F)c1. The Labute approximate surface area is 87.1 Å². The number of anilines is 1. The van der Waals surface area contributed by atoms with Gasteiger partial charge in [0.05, 0.1) is 0 Å². The van der Waals surface area contributed by atoms with Gasteiger partial charge in [-0.05, 0) is 12.1 Å². The Hall–Kier alpha value is -1.66. The van der Waals surface area contributed by atoms with E-state index in [-0.39, 0.29) is 5.69 Å². The maximum atomic E-state index is 12.9. The predicted octanol–water partition coefficient (Wildman–Crippen LogP) is 2.94. The summed E-state index contributed by atoms with van der Waals surface area (Å²) < 4.78 is 62.3. The van der Waals surface area contributed by atoms with Gasteiger partial charge in [0, 0.05) is 12.6 Å². The van der Waals surface area contributed by atoms with E-state index in [2.05, 4.69) is 0 Å². The van der Waals surface area contributed by atoms with Crippen molar-refractivity contribution in [2.75, 3.05) is 5.32 Å². The number of hydrogen-bond donors (Lipinski definition) is 1. The highest BCUT2D eigenvalue weighted by atomic mass is 19.4. The van der Waals surface area contributed by atoms with Gasteiger partial charge in [-0.3, -0.25) is 4.79 Å². The molecular weight excluding hydrogens is 233 g/mol. The van der Waals surface area contributed by atoms with Gasteiger partial charge in [-0.1, -0.05) is 0 Å². The molecule has 0 bridgehead atoms. The van der Waals surface area contributed by atoms with Gasteiger partial charge in [-0.25, -0.2) is 8.78 Å². The van der Waals surface area contributed by atoms with Crippen LogP contribution in [0.3, 0.4) is 0 Å². The standard InChI is InChI=1S/C9H6F5NO/c1-4(16)15-5-2-6(10)8(7(11)3-5)9(12,13)14/h2-3H,1H3,(H,15,16). The van der Waals surface area contributed by atoms with Crippen LogP contribution in [0.1, 0.15) is 12.5 Å². The molecule has 0 aliphatic carbocycles. The average Bonchev–Trinajstić information content (AvgIpc) is 1.96. The highest BCUT2D eigenvalue weighted by Gasteiger charge is 2.37. The van der Waals surface area contributed by atoms with E-state index in [4.69, 9.17) is 0 Å². The summed E-state index contributed by atoms with van der Waals surface area (Å²) in [6.07, 6.45) is -5.11. The summed E-state index contributed by atoms with van der Waals surface area (Å²) in [5, 5.41) is 1.98. The third-order valence-corrected chi connectivity index (χ3v) is 1.65. The molecule has 1 amide bonds. The Morgan fingerprint density at radius 1 is 1.19 bits per heavy atom. The van der Waals surface area contributed by atoms with Crippen LogP contribution in [0, 0.1) is 11.6 Å². The predicted molar refractivity (Wildman–Crippen MR) is 45.7 cm³/mol. The zero-order valence-electron chi connectivity index (χ0n) is 7.95. The number of rotatable bonds is 1. The van der Waals surface area contributed by atoms with Gasteiger partial charge >= 0.3 is 6.18 Å². The van der Waals surface area contributed by atoms with Crippen molar-refractivity contribution in [2.24, 2.45) is 0 Å². The Kier molecular flexibility index (Phi) is 3.16. The third kappa shape index (κ3) is 2.68. The molecule has 0 fully saturated rings. The maximum Gasteiger partial charge on any atom is 0.422 e. The molecule has 2 nitrogen and oxygen atoms in total. The first kappa shape index (κ1) is 12.4. The van der Waals surface area contributed by atoms with E-state index in [1.807, 2.05) is 5.32 Å².